The van der Waals surface area contributed by atoms with Crippen LogP contribution in [0.3, 0.4) is 0 Å². The summed E-state index contributed by atoms with van der Waals surface area (Å²) >= 11 is 0. The lowest BCUT2D eigenvalue weighted by Gasteiger charge is -2.30. The third-order valence-corrected chi connectivity index (χ3v) is 6.16. The van der Waals surface area contributed by atoms with Gasteiger partial charge in [0.05, 0.1) is 17.8 Å². The molecule has 1 aliphatic carbocycles. The Hall–Kier alpha value is -2.36. The van der Waals surface area contributed by atoms with Gasteiger partial charge in [0.25, 0.3) is 0 Å². The van der Waals surface area contributed by atoms with E-state index in [9.17, 15) is 4.79 Å². The largest absolute Gasteiger partial charge is 0.493 e. The van der Waals surface area contributed by atoms with Crippen LogP contribution in [0.15, 0.2) is 30.3 Å². The van der Waals surface area contributed by atoms with Gasteiger partial charge in [-0.25, -0.2) is 4.98 Å². The van der Waals surface area contributed by atoms with Crippen LogP contribution in [0.1, 0.15) is 56.7 Å². The normalized spacial score (nSPS) is 17.9. The van der Waals surface area contributed by atoms with Gasteiger partial charge in [0, 0.05) is 30.0 Å². The molecule has 0 spiro atoms. The van der Waals surface area contributed by atoms with Crippen molar-refractivity contribution in [3.63, 3.8) is 0 Å². The standard InChI is InChI=1S/C25H32N2O2/c1-3-4-17-29-24-18(2)22(26-23-8-6-5-7-21(23)24)12-9-19-13-15-27(16-14-19)25(28)20-10-11-20/h5-9,12,19-20H,3-4,10-11,13-17H2,1-2H3/b12-9+. The minimum Gasteiger partial charge on any atom is -0.493 e. The molecule has 0 N–H and O–H groups in total. The van der Waals surface area contributed by atoms with Crippen LogP contribution in [-0.4, -0.2) is 35.5 Å². The number of benzene rings is 1. The summed E-state index contributed by atoms with van der Waals surface area (Å²) in [5.74, 6) is 2.19. The third kappa shape index (κ3) is 4.63. The highest BCUT2D eigenvalue weighted by Crippen LogP contribution is 2.34. The number of para-hydroxylation sites is 1. The first kappa shape index (κ1) is 19.9. The Morgan fingerprint density at radius 2 is 1.97 bits per heavy atom. The van der Waals surface area contributed by atoms with Crippen LogP contribution in [0, 0.1) is 18.8 Å². The van der Waals surface area contributed by atoms with E-state index in [4.69, 9.17) is 9.72 Å². The summed E-state index contributed by atoms with van der Waals surface area (Å²) in [6.45, 7) is 6.80. The Kier molecular flexibility index (Phi) is 6.17. The first-order chi connectivity index (χ1) is 14.2. The van der Waals surface area contributed by atoms with Crippen LogP contribution in [0.4, 0.5) is 0 Å². The fourth-order valence-electron chi connectivity index (χ4n) is 4.09. The molecule has 2 heterocycles. The van der Waals surface area contributed by atoms with Gasteiger partial charge in [0.1, 0.15) is 5.75 Å². The number of nitrogens with zero attached hydrogens (tertiary/aromatic N) is 2. The number of rotatable bonds is 7. The number of hydrogen-bond donors (Lipinski definition) is 0. The number of fused-ring (bicyclic) bond motifs is 1. The fraction of sp³-hybridized carbons (Fsp3) is 0.520. The lowest BCUT2D eigenvalue weighted by Crippen LogP contribution is -2.38. The average molecular weight is 393 g/mol. The number of carbonyl (C=O) groups excluding carboxylic acids is 1. The van der Waals surface area contributed by atoms with Crippen molar-refractivity contribution in [3.05, 3.63) is 41.6 Å². The van der Waals surface area contributed by atoms with Crippen molar-refractivity contribution < 1.29 is 9.53 Å². The van der Waals surface area contributed by atoms with Gasteiger partial charge in [-0.3, -0.25) is 4.79 Å². The van der Waals surface area contributed by atoms with Gasteiger partial charge in [-0.1, -0.05) is 31.6 Å². The second-order valence-electron chi connectivity index (χ2n) is 8.47. The summed E-state index contributed by atoms with van der Waals surface area (Å²) in [5.41, 5.74) is 3.08. The Morgan fingerprint density at radius 3 is 2.69 bits per heavy atom. The molecule has 1 saturated heterocycles. The van der Waals surface area contributed by atoms with Crippen LogP contribution >= 0.6 is 0 Å². The number of carbonyl (C=O) groups is 1. The van der Waals surface area contributed by atoms with E-state index in [0.29, 0.717) is 17.7 Å². The molecule has 0 radical (unpaired) electrons. The second-order valence-corrected chi connectivity index (χ2v) is 8.47. The number of likely N-dealkylation sites (tertiary alicyclic amines) is 1. The summed E-state index contributed by atoms with van der Waals surface area (Å²) < 4.78 is 6.17. The average Bonchev–Trinajstić information content (AvgIpc) is 3.59. The van der Waals surface area contributed by atoms with Crippen molar-refractivity contribution in [3.8, 4) is 5.75 Å². The monoisotopic (exact) mass is 392 g/mol. The fourth-order valence-corrected chi connectivity index (χ4v) is 4.09. The molecule has 4 rings (SSSR count). The maximum Gasteiger partial charge on any atom is 0.225 e. The first-order valence-electron chi connectivity index (χ1n) is 11.2. The van der Waals surface area contributed by atoms with E-state index in [1.165, 1.54) is 0 Å². The van der Waals surface area contributed by atoms with Gasteiger partial charge in [0.2, 0.25) is 5.91 Å². The lowest BCUT2D eigenvalue weighted by atomic mass is 9.95. The topological polar surface area (TPSA) is 42.4 Å². The zero-order valence-corrected chi connectivity index (χ0v) is 17.7. The Morgan fingerprint density at radius 1 is 1.21 bits per heavy atom. The van der Waals surface area contributed by atoms with Gasteiger partial charge in [-0.15, -0.1) is 0 Å². The van der Waals surface area contributed by atoms with E-state index in [1.807, 2.05) is 12.1 Å². The van der Waals surface area contributed by atoms with Crippen LogP contribution in [0.5, 0.6) is 5.75 Å². The Labute approximate surface area is 174 Å². The molecular formula is C25H32N2O2. The predicted molar refractivity (Wildman–Crippen MR) is 118 cm³/mol. The number of pyridine rings is 1. The molecule has 154 valence electrons. The first-order valence-corrected chi connectivity index (χ1v) is 11.2. The molecule has 1 aromatic heterocycles. The number of ether oxygens (including phenoxy) is 1. The minimum absolute atomic E-state index is 0.331. The molecular weight excluding hydrogens is 360 g/mol. The van der Waals surface area contributed by atoms with Crippen molar-refractivity contribution in [2.75, 3.05) is 19.7 Å². The number of amides is 1. The molecule has 4 nitrogen and oxygen atoms in total. The van der Waals surface area contributed by atoms with E-state index < -0.39 is 0 Å². The molecule has 0 atom stereocenters. The Balaban J connectivity index is 1.48. The van der Waals surface area contributed by atoms with E-state index in [1.54, 1.807) is 0 Å². The van der Waals surface area contributed by atoms with Crippen molar-refractivity contribution >= 4 is 22.9 Å². The van der Waals surface area contributed by atoms with Gasteiger partial charge in [-0.05, 0) is 63.2 Å². The number of allylic oxidation sites excluding steroid dienone is 1. The van der Waals surface area contributed by atoms with Gasteiger partial charge >= 0.3 is 0 Å². The number of piperidine rings is 1. The molecule has 1 aromatic carbocycles. The van der Waals surface area contributed by atoms with Gasteiger partial charge in [-0.2, -0.15) is 0 Å². The third-order valence-electron chi connectivity index (χ3n) is 6.16. The summed E-state index contributed by atoms with van der Waals surface area (Å²) in [5, 5.41) is 1.09. The SMILES string of the molecule is CCCCOc1c(C)c(/C=C/C2CCN(C(=O)C3CC3)CC2)nc2ccccc12. The maximum atomic E-state index is 12.2. The van der Waals surface area contributed by atoms with Crippen LogP contribution < -0.4 is 4.74 Å². The highest BCUT2D eigenvalue weighted by Gasteiger charge is 2.34. The molecule has 1 saturated carbocycles. The summed E-state index contributed by atoms with van der Waals surface area (Å²) in [6.07, 6.45) is 10.9. The molecule has 1 aliphatic heterocycles. The van der Waals surface area contributed by atoms with Crippen molar-refractivity contribution in [2.24, 2.45) is 11.8 Å². The zero-order chi connectivity index (χ0) is 20.2. The zero-order valence-electron chi connectivity index (χ0n) is 17.7. The smallest absolute Gasteiger partial charge is 0.225 e. The van der Waals surface area contributed by atoms with E-state index in [2.05, 4.69) is 43.0 Å². The molecule has 4 heteroatoms. The molecule has 0 bridgehead atoms. The van der Waals surface area contributed by atoms with Crippen LogP contribution in [-0.2, 0) is 4.79 Å². The van der Waals surface area contributed by atoms with Crippen molar-refractivity contribution in [2.45, 2.75) is 52.4 Å². The van der Waals surface area contributed by atoms with Crippen LogP contribution in [0.25, 0.3) is 17.0 Å². The molecule has 2 aliphatic rings. The molecule has 2 fully saturated rings. The summed E-state index contributed by atoms with van der Waals surface area (Å²) in [7, 11) is 0. The predicted octanol–water partition coefficient (Wildman–Crippen LogP) is 5.38. The number of unbranched alkanes of at least 4 members (excludes halogenated alkanes) is 1. The summed E-state index contributed by atoms with van der Waals surface area (Å²) in [6, 6.07) is 8.22. The molecule has 0 unspecified atom stereocenters. The second kappa shape index (κ2) is 8.98. The van der Waals surface area contributed by atoms with Gasteiger partial charge < -0.3 is 9.64 Å². The molecule has 29 heavy (non-hydrogen) atoms. The number of aromatic nitrogens is 1. The van der Waals surface area contributed by atoms with E-state index in [0.717, 1.165) is 86.1 Å². The Bertz CT molecular complexity index is 893. The number of hydrogen-bond acceptors (Lipinski definition) is 3. The van der Waals surface area contributed by atoms with E-state index in [-0.39, 0.29) is 0 Å². The quantitative estimate of drug-likeness (QED) is 0.594. The van der Waals surface area contributed by atoms with Crippen LogP contribution in [0.2, 0.25) is 0 Å². The van der Waals surface area contributed by atoms with Crippen molar-refractivity contribution in [1.29, 1.82) is 0 Å². The highest BCUT2D eigenvalue weighted by atomic mass is 16.5. The minimum atomic E-state index is 0.331. The van der Waals surface area contributed by atoms with E-state index >= 15 is 0 Å². The van der Waals surface area contributed by atoms with Gasteiger partial charge in [0.15, 0.2) is 0 Å². The highest BCUT2D eigenvalue weighted by molar-refractivity contribution is 5.88. The molecule has 1 amide bonds. The molecule has 2 aromatic rings. The van der Waals surface area contributed by atoms with Crippen molar-refractivity contribution in [1.82, 2.24) is 9.88 Å². The summed E-state index contributed by atoms with van der Waals surface area (Å²) in [4.78, 5) is 19.2. The lowest BCUT2D eigenvalue weighted by molar-refractivity contribution is -0.133. The maximum absolute atomic E-state index is 12.2.